The van der Waals surface area contributed by atoms with Crippen LogP contribution >= 0.6 is 0 Å². The molecule has 21 heavy (non-hydrogen) atoms. The molecule has 118 valence electrons. The summed E-state index contributed by atoms with van der Waals surface area (Å²) in [6.45, 7) is 0.103. The molecule has 0 heterocycles. The first kappa shape index (κ1) is 17.1. The molecule has 0 bridgehead atoms. The molecule has 1 aromatic carbocycles. The van der Waals surface area contributed by atoms with Crippen molar-refractivity contribution in [1.82, 2.24) is 4.90 Å². The molecule has 0 radical (unpaired) electrons. The molecule has 0 atom stereocenters. The molecule has 0 aliphatic rings. The van der Waals surface area contributed by atoms with Gasteiger partial charge in [-0.15, -0.1) is 0 Å². The van der Waals surface area contributed by atoms with Crippen molar-refractivity contribution in [2.45, 2.75) is 6.43 Å². The highest BCUT2D eigenvalue weighted by atomic mass is 19.3. The van der Waals surface area contributed by atoms with Crippen LogP contribution in [-0.4, -0.2) is 60.3 Å². The summed E-state index contributed by atoms with van der Waals surface area (Å²) in [5, 5.41) is 20.2. The van der Waals surface area contributed by atoms with E-state index in [0.717, 1.165) is 0 Å². The lowest BCUT2D eigenvalue weighted by Gasteiger charge is -2.20. The zero-order chi connectivity index (χ0) is 15.7. The highest BCUT2D eigenvalue weighted by molar-refractivity contribution is 5.97. The van der Waals surface area contributed by atoms with Gasteiger partial charge in [0.25, 0.3) is 6.43 Å². The Morgan fingerprint density at radius 2 is 1.95 bits per heavy atom. The van der Waals surface area contributed by atoms with E-state index in [4.69, 9.17) is 20.8 Å². The lowest BCUT2D eigenvalue weighted by atomic mass is 10.2. The van der Waals surface area contributed by atoms with Crippen LogP contribution in [0.5, 0.6) is 5.75 Å². The fourth-order valence-corrected chi connectivity index (χ4v) is 1.70. The number of ether oxygens (including phenoxy) is 1. The molecule has 8 heteroatoms. The van der Waals surface area contributed by atoms with Crippen LogP contribution in [0.25, 0.3) is 0 Å². The SMILES string of the molecule is N/C(=N/O)c1ccc(OCCN(CCO)CC(F)F)cc1. The van der Waals surface area contributed by atoms with Gasteiger partial charge < -0.3 is 20.8 Å². The maximum atomic E-state index is 12.3. The first-order valence-corrected chi connectivity index (χ1v) is 6.39. The molecule has 1 aromatic rings. The minimum absolute atomic E-state index is 0.00685. The van der Waals surface area contributed by atoms with E-state index in [2.05, 4.69) is 5.16 Å². The number of alkyl halides is 2. The second-order valence-electron chi connectivity index (χ2n) is 4.27. The maximum Gasteiger partial charge on any atom is 0.251 e. The van der Waals surface area contributed by atoms with E-state index in [1.807, 2.05) is 0 Å². The van der Waals surface area contributed by atoms with Crippen LogP contribution in [0.15, 0.2) is 29.4 Å². The van der Waals surface area contributed by atoms with Crippen molar-refractivity contribution in [1.29, 1.82) is 0 Å². The predicted molar refractivity (Wildman–Crippen MR) is 74.0 cm³/mol. The second-order valence-corrected chi connectivity index (χ2v) is 4.27. The topological polar surface area (TPSA) is 91.3 Å². The zero-order valence-electron chi connectivity index (χ0n) is 11.5. The van der Waals surface area contributed by atoms with E-state index >= 15 is 0 Å². The summed E-state index contributed by atoms with van der Waals surface area (Å²) >= 11 is 0. The largest absolute Gasteiger partial charge is 0.492 e. The average Bonchev–Trinajstić information content (AvgIpc) is 2.46. The highest BCUT2D eigenvalue weighted by Gasteiger charge is 2.11. The fourth-order valence-electron chi connectivity index (χ4n) is 1.70. The van der Waals surface area contributed by atoms with E-state index < -0.39 is 13.0 Å². The Bertz CT molecular complexity index is 441. The third-order valence-corrected chi connectivity index (χ3v) is 2.75. The minimum atomic E-state index is -2.45. The van der Waals surface area contributed by atoms with Gasteiger partial charge in [-0.2, -0.15) is 0 Å². The van der Waals surface area contributed by atoms with E-state index in [9.17, 15) is 8.78 Å². The van der Waals surface area contributed by atoms with Gasteiger partial charge in [-0.05, 0) is 24.3 Å². The second kappa shape index (κ2) is 9.09. The van der Waals surface area contributed by atoms with Crippen LogP contribution in [0.2, 0.25) is 0 Å². The molecule has 0 aromatic heterocycles. The van der Waals surface area contributed by atoms with Crippen molar-refractivity contribution in [3.05, 3.63) is 29.8 Å². The number of halogens is 2. The third kappa shape index (κ3) is 6.37. The summed E-state index contributed by atoms with van der Waals surface area (Å²) in [4.78, 5) is 1.43. The number of amidine groups is 1. The minimum Gasteiger partial charge on any atom is -0.492 e. The van der Waals surface area contributed by atoms with Gasteiger partial charge in [-0.1, -0.05) is 5.16 Å². The van der Waals surface area contributed by atoms with Crippen LogP contribution in [0.1, 0.15) is 5.56 Å². The smallest absolute Gasteiger partial charge is 0.251 e. The van der Waals surface area contributed by atoms with Crippen molar-refractivity contribution >= 4 is 5.84 Å². The summed E-state index contributed by atoms with van der Waals surface area (Å²) in [5.74, 6) is 0.540. The van der Waals surface area contributed by atoms with Gasteiger partial charge >= 0.3 is 0 Å². The number of oxime groups is 1. The van der Waals surface area contributed by atoms with Crippen molar-refractivity contribution < 1.29 is 23.8 Å². The number of nitrogens with zero attached hydrogens (tertiary/aromatic N) is 2. The van der Waals surface area contributed by atoms with Crippen molar-refractivity contribution in [3.8, 4) is 5.75 Å². The van der Waals surface area contributed by atoms with Crippen molar-refractivity contribution in [2.24, 2.45) is 10.9 Å². The fraction of sp³-hybridized carbons (Fsp3) is 0.462. The number of rotatable bonds is 9. The molecule has 0 amide bonds. The van der Waals surface area contributed by atoms with Gasteiger partial charge in [-0.25, -0.2) is 8.78 Å². The molecule has 0 saturated carbocycles. The predicted octanol–water partition coefficient (Wildman–Crippen LogP) is 0.719. The van der Waals surface area contributed by atoms with Gasteiger partial charge in [-0.3, -0.25) is 4.90 Å². The molecule has 6 nitrogen and oxygen atoms in total. The van der Waals surface area contributed by atoms with Crippen LogP contribution in [0.3, 0.4) is 0 Å². The van der Waals surface area contributed by atoms with E-state index in [-0.39, 0.29) is 32.1 Å². The molecule has 0 aliphatic carbocycles. The first-order valence-electron chi connectivity index (χ1n) is 6.39. The van der Waals surface area contributed by atoms with Crippen molar-refractivity contribution in [3.63, 3.8) is 0 Å². The number of hydrogen-bond acceptors (Lipinski definition) is 5. The molecule has 0 fully saturated rings. The van der Waals surface area contributed by atoms with E-state index in [0.29, 0.717) is 11.3 Å². The summed E-state index contributed by atoms with van der Waals surface area (Å²) in [7, 11) is 0. The quantitative estimate of drug-likeness (QED) is 0.271. The number of aliphatic hydroxyl groups is 1. The summed E-state index contributed by atoms with van der Waals surface area (Å²) < 4.78 is 30.0. The zero-order valence-corrected chi connectivity index (χ0v) is 11.5. The Hall–Kier alpha value is -1.93. The lowest BCUT2D eigenvalue weighted by Crippen LogP contribution is -2.35. The molecule has 0 saturated heterocycles. The van der Waals surface area contributed by atoms with Crippen LogP contribution < -0.4 is 10.5 Å². The van der Waals surface area contributed by atoms with Crippen LogP contribution in [0, 0.1) is 0 Å². The Kier molecular flexibility index (Phi) is 7.41. The molecule has 4 N–H and O–H groups in total. The van der Waals surface area contributed by atoms with Crippen LogP contribution in [0.4, 0.5) is 8.78 Å². The molecule has 0 unspecified atom stereocenters. The van der Waals surface area contributed by atoms with Crippen LogP contribution in [-0.2, 0) is 0 Å². The number of aliphatic hydroxyl groups excluding tert-OH is 1. The van der Waals surface area contributed by atoms with Crippen molar-refractivity contribution in [2.75, 3.05) is 32.8 Å². The highest BCUT2D eigenvalue weighted by Crippen LogP contribution is 2.12. The van der Waals surface area contributed by atoms with E-state index in [1.165, 1.54) is 4.90 Å². The first-order chi connectivity index (χ1) is 10.1. The Morgan fingerprint density at radius 3 is 2.48 bits per heavy atom. The van der Waals surface area contributed by atoms with E-state index in [1.54, 1.807) is 24.3 Å². The molecule has 0 aliphatic heterocycles. The molecule has 1 rings (SSSR count). The van der Waals surface area contributed by atoms with Gasteiger partial charge in [0.15, 0.2) is 5.84 Å². The standard InChI is InChI=1S/C13H19F2N3O3/c14-12(15)9-18(5-7-19)6-8-21-11-3-1-10(2-4-11)13(16)17-20/h1-4,12,19-20H,5-9H2,(H2,16,17). The Morgan fingerprint density at radius 1 is 1.29 bits per heavy atom. The molecular formula is C13H19F2N3O3. The summed E-state index contributed by atoms with van der Waals surface area (Å²) in [6.07, 6.45) is -2.45. The Balaban J connectivity index is 2.43. The van der Waals surface area contributed by atoms with Gasteiger partial charge in [0.05, 0.1) is 13.2 Å². The summed E-state index contributed by atoms with van der Waals surface area (Å²) in [6, 6.07) is 6.51. The normalized spacial score (nSPS) is 12.1. The average molecular weight is 303 g/mol. The Labute approximate surface area is 121 Å². The number of hydrogen-bond donors (Lipinski definition) is 3. The van der Waals surface area contributed by atoms with Gasteiger partial charge in [0.1, 0.15) is 12.4 Å². The number of nitrogens with two attached hydrogens (primary N) is 1. The molecule has 0 spiro atoms. The monoisotopic (exact) mass is 303 g/mol. The summed E-state index contributed by atoms with van der Waals surface area (Å²) in [5.41, 5.74) is 5.97. The van der Waals surface area contributed by atoms with Gasteiger partial charge in [0, 0.05) is 18.7 Å². The van der Waals surface area contributed by atoms with Gasteiger partial charge in [0.2, 0.25) is 0 Å². The lowest BCUT2D eigenvalue weighted by molar-refractivity contribution is 0.0709. The third-order valence-electron chi connectivity index (χ3n) is 2.75. The number of benzene rings is 1. The maximum absolute atomic E-state index is 12.3. The molecular weight excluding hydrogens is 284 g/mol.